The topological polar surface area (TPSA) is 40.9 Å². The molecule has 2 nitrogen and oxygen atoms in total. The van der Waals surface area contributed by atoms with Crippen LogP contribution in [0, 0.1) is 16.7 Å². The average molecular weight is 181 g/mol. The van der Waals surface area contributed by atoms with Crippen LogP contribution in [-0.4, -0.2) is 6.29 Å². The molecule has 0 saturated heterocycles. The monoisotopic (exact) mass is 181 g/mol. The normalized spacial score (nSPS) is 14.5. The Morgan fingerprint density at radius 3 is 2.46 bits per heavy atom. The fraction of sp³-hybridized carbons (Fsp3) is 0.818. The number of hydrogen-bond acceptors (Lipinski definition) is 2. The molecule has 13 heavy (non-hydrogen) atoms. The molecule has 0 aromatic rings. The van der Waals surface area contributed by atoms with Crippen LogP contribution < -0.4 is 0 Å². The van der Waals surface area contributed by atoms with Crippen LogP contribution >= 0.6 is 0 Å². The molecule has 0 radical (unpaired) electrons. The lowest BCUT2D eigenvalue weighted by Gasteiger charge is -2.25. The second-order valence-electron chi connectivity index (χ2n) is 3.60. The molecule has 0 aliphatic rings. The summed E-state index contributed by atoms with van der Waals surface area (Å²) in [6.45, 7) is 4.15. The van der Waals surface area contributed by atoms with Gasteiger partial charge in [0, 0.05) is 11.8 Å². The number of nitriles is 1. The third-order valence-corrected chi connectivity index (χ3v) is 2.72. The Bertz CT molecular complexity index is 183. The van der Waals surface area contributed by atoms with Crippen molar-refractivity contribution in [1.29, 1.82) is 5.26 Å². The highest BCUT2D eigenvalue weighted by molar-refractivity contribution is 5.59. The van der Waals surface area contributed by atoms with Crippen LogP contribution in [0.3, 0.4) is 0 Å². The van der Waals surface area contributed by atoms with E-state index in [0.29, 0.717) is 6.42 Å². The number of carbonyl (C=O) groups is 1. The minimum Gasteiger partial charge on any atom is -0.303 e. The van der Waals surface area contributed by atoms with Crippen molar-refractivity contribution in [2.45, 2.75) is 52.4 Å². The summed E-state index contributed by atoms with van der Waals surface area (Å²) in [7, 11) is 0. The summed E-state index contributed by atoms with van der Waals surface area (Å²) in [4.78, 5) is 11.0. The molecule has 0 aromatic carbocycles. The van der Waals surface area contributed by atoms with Crippen molar-refractivity contribution >= 4 is 6.29 Å². The smallest absolute Gasteiger partial charge is 0.126 e. The highest BCUT2D eigenvalue weighted by Crippen LogP contribution is 2.31. The summed E-state index contributed by atoms with van der Waals surface area (Å²) >= 11 is 0. The second kappa shape index (κ2) is 6.65. The first-order chi connectivity index (χ1) is 6.24. The maximum atomic E-state index is 11.0. The van der Waals surface area contributed by atoms with Gasteiger partial charge in [0.15, 0.2) is 0 Å². The molecule has 74 valence electrons. The molecule has 0 amide bonds. The van der Waals surface area contributed by atoms with Crippen LogP contribution in [0.1, 0.15) is 52.4 Å². The van der Waals surface area contributed by atoms with E-state index in [9.17, 15) is 4.79 Å². The van der Waals surface area contributed by atoms with Gasteiger partial charge in [-0.15, -0.1) is 0 Å². The number of carbonyl (C=O) groups excluding carboxylic acids is 1. The Morgan fingerprint density at radius 2 is 2.08 bits per heavy atom. The zero-order valence-electron chi connectivity index (χ0n) is 8.68. The van der Waals surface area contributed by atoms with E-state index >= 15 is 0 Å². The van der Waals surface area contributed by atoms with Gasteiger partial charge >= 0.3 is 0 Å². The van der Waals surface area contributed by atoms with Crippen molar-refractivity contribution in [2.24, 2.45) is 5.41 Å². The van der Waals surface area contributed by atoms with Crippen molar-refractivity contribution in [3.63, 3.8) is 0 Å². The fourth-order valence-corrected chi connectivity index (χ4v) is 1.51. The van der Waals surface area contributed by atoms with E-state index in [2.05, 4.69) is 13.0 Å². The highest BCUT2D eigenvalue weighted by atomic mass is 16.1. The minimum absolute atomic E-state index is 0.217. The molecule has 0 bridgehead atoms. The van der Waals surface area contributed by atoms with Crippen molar-refractivity contribution in [2.75, 3.05) is 0 Å². The first kappa shape index (κ1) is 12.2. The van der Waals surface area contributed by atoms with Crippen LogP contribution in [0.2, 0.25) is 0 Å². The van der Waals surface area contributed by atoms with E-state index in [4.69, 9.17) is 5.26 Å². The van der Waals surface area contributed by atoms with Crippen LogP contribution in [0.15, 0.2) is 0 Å². The predicted octanol–water partition coefficient (Wildman–Crippen LogP) is 3.08. The SMILES string of the molecule is CCCCC(C=O)(CC)CCC#N. The molecule has 0 aromatic heterocycles. The van der Waals surface area contributed by atoms with E-state index in [1.807, 2.05) is 6.92 Å². The van der Waals surface area contributed by atoms with Crippen LogP contribution in [-0.2, 0) is 4.79 Å². The average Bonchev–Trinajstić information content (AvgIpc) is 2.20. The van der Waals surface area contributed by atoms with Crippen molar-refractivity contribution in [3.05, 3.63) is 0 Å². The Kier molecular flexibility index (Phi) is 6.22. The molecule has 2 heteroatoms. The van der Waals surface area contributed by atoms with Gasteiger partial charge in [0.05, 0.1) is 6.07 Å². The lowest BCUT2D eigenvalue weighted by molar-refractivity contribution is -0.117. The summed E-state index contributed by atoms with van der Waals surface area (Å²) < 4.78 is 0. The molecular formula is C11H19NO. The Morgan fingerprint density at radius 1 is 1.38 bits per heavy atom. The van der Waals surface area contributed by atoms with Crippen molar-refractivity contribution < 1.29 is 4.79 Å². The van der Waals surface area contributed by atoms with Gasteiger partial charge in [0.2, 0.25) is 0 Å². The van der Waals surface area contributed by atoms with E-state index in [1.54, 1.807) is 0 Å². The third-order valence-electron chi connectivity index (χ3n) is 2.72. The van der Waals surface area contributed by atoms with Crippen molar-refractivity contribution in [1.82, 2.24) is 0 Å². The van der Waals surface area contributed by atoms with Gasteiger partial charge < -0.3 is 4.79 Å². The molecule has 0 fully saturated rings. The Labute approximate surface area is 80.9 Å². The van der Waals surface area contributed by atoms with Gasteiger partial charge in [-0.05, 0) is 19.3 Å². The molecule has 1 atom stereocenters. The van der Waals surface area contributed by atoms with Crippen LogP contribution in [0.5, 0.6) is 0 Å². The maximum Gasteiger partial charge on any atom is 0.126 e. The lowest BCUT2D eigenvalue weighted by atomic mass is 9.78. The molecule has 0 saturated carbocycles. The molecule has 0 N–H and O–H groups in total. The summed E-state index contributed by atoms with van der Waals surface area (Å²) in [6.07, 6.45) is 6.27. The third kappa shape index (κ3) is 4.07. The highest BCUT2D eigenvalue weighted by Gasteiger charge is 2.26. The summed E-state index contributed by atoms with van der Waals surface area (Å²) in [5.74, 6) is 0. The predicted molar refractivity (Wildman–Crippen MR) is 53.2 cm³/mol. The Balaban J connectivity index is 4.14. The molecule has 0 aliphatic carbocycles. The second-order valence-corrected chi connectivity index (χ2v) is 3.60. The van der Waals surface area contributed by atoms with Gasteiger partial charge in [-0.2, -0.15) is 5.26 Å². The fourth-order valence-electron chi connectivity index (χ4n) is 1.51. The Hall–Kier alpha value is -0.840. The van der Waals surface area contributed by atoms with Crippen LogP contribution in [0.4, 0.5) is 0 Å². The summed E-state index contributed by atoms with van der Waals surface area (Å²) in [5.41, 5.74) is -0.217. The molecule has 0 rings (SSSR count). The number of hydrogen-bond donors (Lipinski definition) is 0. The molecular weight excluding hydrogens is 162 g/mol. The van der Waals surface area contributed by atoms with Gasteiger partial charge in [0.25, 0.3) is 0 Å². The van der Waals surface area contributed by atoms with Gasteiger partial charge in [-0.1, -0.05) is 26.7 Å². The van der Waals surface area contributed by atoms with Gasteiger partial charge in [-0.25, -0.2) is 0 Å². The number of aldehydes is 1. The van der Waals surface area contributed by atoms with E-state index in [1.165, 1.54) is 0 Å². The summed E-state index contributed by atoms with van der Waals surface area (Å²) in [5, 5.41) is 8.48. The number of nitrogens with zero attached hydrogens (tertiary/aromatic N) is 1. The first-order valence-electron chi connectivity index (χ1n) is 5.08. The zero-order valence-corrected chi connectivity index (χ0v) is 8.68. The lowest BCUT2D eigenvalue weighted by Crippen LogP contribution is -2.21. The summed E-state index contributed by atoms with van der Waals surface area (Å²) in [6, 6.07) is 2.11. The zero-order chi connectivity index (χ0) is 10.2. The quantitative estimate of drug-likeness (QED) is 0.566. The van der Waals surface area contributed by atoms with E-state index in [-0.39, 0.29) is 5.41 Å². The molecule has 0 spiro atoms. The molecule has 0 aliphatic heterocycles. The van der Waals surface area contributed by atoms with Crippen molar-refractivity contribution in [3.8, 4) is 6.07 Å². The molecule has 0 heterocycles. The van der Waals surface area contributed by atoms with E-state index < -0.39 is 0 Å². The van der Waals surface area contributed by atoms with Gasteiger partial charge in [-0.3, -0.25) is 0 Å². The number of rotatable bonds is 7. The number of unbranched alkanes of at least 4 members (excludes halogenated alkanes) is 1. The van der Waals surface area contributed by atoms with E-state index in [0.717, 1.165) is 38.4 Å². The standard InChI is InChI=1S/C11H19NO/c1-3-5-7-11(4-2,10-13)8-6-9-12/h10H,3-8H2,1-2H3. The molecule has 1 unspecified atom stereocenters. The minimum atomic E-state index is -0.217. The van der Waals surface area contributed by atoms with Crippen LogP contribution in [0.25, 0.3) is 0 Å². The largest absolute Gasteiger partial charge is 0.303 e. The first-order valence-corrected chi connectivity index (χ1v) is 5.08. The van der Waals surface area contributed by atoms with Gasteiger partial charge in [0.1, 0.15) is 6.29 Å². The maximum absolute atomic E-state index is 11.0.